The molecule has 0 saturated heterocycles. The Balaban J connectivity index is 2.26. The van der Waals surface area contributed by atoms with Crippen molar-refractivity contribution in [3.05, 3.63) is 46.8 Å². The highest BCUT2D eigenvalue weighted by atomic mass is 15.3. The van der Waals surface area contributed by atoms with Crippen molar-refractivity contribution in [1.29, 1.82) is 0 Å². The van der Waals surface area contributed by atoms with Crippen molar-refractivity contribution in [3.63, 3.8) is 0 Å². The van der Waals surface area contributed by atoms with Gasteiger partial charge in [-0.15, -0.1) is 0 Å². The van der Waals surface area contributed by atoms with E-state index < -0.39 is 0 Å². The normalized spacial score (nSPS) is 12.4. The number of nitrogens with zero attached hydrogens (tertiary/aromatic N) is 2. The highest BCUT2D eigenvalue weighted by Crippen LogP contribution is 2.27. The lowest BCUT2D eigenvalue weighted by Crippen LogP contribution is -2.10. The first-order valence-corrected chi connectivity index (χ1v) is 7.96. The summed E-state index contributed by atoms with van der Waals surface area (Å²) < 4.78 is 2.08. The maximum Gasteiger partial charge on any atom is 0.0649 e. The Bertz CT molecular complexity index is 599. The molecule has 1 heterocycles. The highest BCUT2D eigenvalue weighted by Gasteiger charge is 2.17. The van der Waals surface area contributed by atoms with Gasteiger partial charge < -0.3 is 5.32 Å². The van der Waals surface area contributed by atoms with E-state index in [1.54, 1.807) is 0 Å². The van der Waals surface area contributed by atoms with E-state index in [2.05, 4.69) is 74.0 Å². The first kappa shape index (κ1) is 15.6. The van der Waals surface area contributed by atoms with Crippen LogP contribution >= 0.6 is 0 Å². The van der Waals surface area contributed by atoms with Crippen LogP contribution in [0.25, 0.3) is 0 Å². The van der Waals surface area contributed by atoms with E-state index in [0.717, 1.165) is 18.7 Å². The zero-order chi connectivity index (χ0) is 15.4. The summed E-state index contributed by atoms with van der Waals surface area (Å²) >= 11 is 0. The molecular formula is C18H27N3. The van der Waals surface area contributed by atoms with E-state index in [0.29, 0.717) is 0 Å². The van der Waals surface area contributed by atoms with Crippen LogP contribution < -0.4 is 5.32 Å². The van der Waals surface area contributed by atoms with Crippen molar-refractivity contribution in [1.82, 2.24) is 9.78 Å². The van der Waals surface area contributed by atoms with E-state index >= 15 is 0 Å². The molecule has 3 nitrogen and oxygen atoms in total. The number of aryl methyl sites for hydroxylation is 3. The van der Waals surface area contributed by atoms with Gasteiger partial charge in [-0.3, -0.25) is 4.68 Å². The molecule has 21 heavy (non-hydrogen) atoms. The van der Waals surface area contributed by atoms with Crippen LogP contribution in [0.1, 0.15) is 55.7 Å². The molecule has 0 amide bonds. The highest BCUT2D eigenvalue weighted by molar-refractivity contribution is 5.53. The molecule has 0 aliphatic carbocycles. The SMILES string of the molecule is CCCc1ccccc1NC(C)c1c(C)nn(CC)c1C. The Kier molecular flexibility index (Phi) is 5.05. The number of hydrogen-bond acceptors (Lipinski definition) is 2. The molecule has 1 atom stereocenters. The van der Waals surface area contributed by atoms with E-state index in [1.165, 1.54) is 28.9 Å². The van der Waals surface area contributed by atoms with Crippen molar-refractivity contribution < 1.29 is 0 Å². The second-order valence-electron chi connectivity index (χ2n) is 5.67. The molecule has 0 aliphatic rings. The lowest BCUT2D eigenvalue weighted by atomic mass is 10.0. The fourth-order valence-corrected chi connectivity index (χ4v) is 3.10. The molecule has 2 rings (SSSR count). The van der Waals surface area contributed by atoms with Crippen LogP contribution in [0, 0.1) is 13.8 Å². The molecule has 1 aromatic carbocycles. The minimum atomic E-state index is 0.267. The van der Waals surface area contributed by atoms with Gasteiger partial charge in [0.2, 0.25) is 0 Å². The molecule has 1 N–H and O–H groups in total. The molecule has 0 spiro atoms. The lowest BCUT2D eigenvalue weighted by molar-refractivity contribution is 0.632. The van der Waals surface area contributed by atoms with Gasteiger partial charge in [0.25, 0.3) is 0 Å². The van der Waals surface area contributed by atoms with Gasteiger partial charge in [0.1, 0.15) is 0 Å². The van der Waals surface area contributed by atoms with E-state index in [-0.39, 0.29) is 6.04 Å². The van der Waals surface area contributed by atoms with Crippen LogP contribution in [0.3, 0.4) is 0 Å². The molecule has 114 valence electrons. The zero-order valence-corrected chi connectivity index (χ0v) is 13.9. The summed E-state index contributed by atoms with van der Waals surface area (Å²) in [5.74, 6) is 0. The van der Waals surface area contributed by atoms with Gasteiger partial charge in [0, 0.05) is 23.5 Å². The van der Waals surface area contributed by atoms with Crippen molar-refractivity contribution in [3.8, 4) is 0 Å². The maximum absolute atomic E-state index is 4.63. The minimum absolute atomic E-state index is 0.267. The van der Waals surface area contributed by atoms with E-state index in [9.17, 15) is 0 Å². The molecule has 0 radical (unpaired) electrons. The monoisotopic (exact) mass is 285 g/mol. The Morgan fingerprint density at radius 3 is 2.52 bits per heavy atom. The van der Waals surface area contributed by atoms with Gasteiger partial charge in [0.05, 0.1) is 11.7 Å². The van der Waals surface area contributed by atoms with Crippen LogP contribution in [0.2, 0.25) is 0 Å². The first-order valence-electron chi connectivity index (χ1n) is 7.96. The van der Waals surface area contributed by atoms with Crippen LogP contribution in [-0.2, 0) is 13.0 Å². The van der Waals surface area contributed by atoms with Gasteiger partial charge in [-0.2, -0.15) is 5.10 Å². The van der Waals surface area contributed by atoms with Crippen LogP contribution in [0.4, 0.5) is 5.69 Å². The predicted molar refractivity (Wildman–Crippen MR) is 89.8 cm³/mol. The summed E-state index contributed by atoms with van der Waals surface area (Å²) in [5.41, 5.74) is 6.35. The fraction of sp³-hybridized carbons (Fsp3) is 0.500. The standard InChI is InChI=1S/C18H27N3/c1-6-10-16-11-8-9-12-17(16)19-13(3)18-14(4)20-21(7-2)15(18)5/h8-9,11-13,19H,6-7,10H2,1-5H3. The molecular weight excluding hydrogens is 258 g/mol. The molecule has 0 bridgehead atoms. The van der Waals surface area contributed by atoms with Gasteiger partial charge >= 0.3 is 0 Å². The Morgan fingerprint density at radius 1 is 1.19 bits per heavy atom. The molecule has 3 heteroatoms. The van der Waals surface area contributed by atoms with E-state index in [4.69, 9.17) is 0 Å². The third-order valence-electron chi connectivity index (χ3n) is 4.08. The minimum Gasteiger partial charge on any atom is -0.378 e. The summed E-state index contributed by atoms with van der Waals surface area (Å²) in [6.07, 6.45) is 2.28. The van der Waals surface area contributed by atoms with Gasteiger partial charge in [-0.1, -0.05) is 31.5 Å². The van der Waals surface area contributed by atoms with Crippen molar-refractivity contribution in [2.75, 3.05) is 5.32 Å². The van der Waals surface area contributed by atoms with Crippen molar-refractivity contribution in [2.24, 2.45) is 0 Å². The third-order valence-corrected chi connectivity index (χ3v) is 4.08. The third kappa shape index (κ3) is 3.29. The first-order chi connectivity index (χ1) is 10.1. The summed E-state index contributed by atoms with van der Waals surface area (Å²) in [7, 11) is 0. The molecule has 1 unspecified atom stereocenters. The number of hydrogen-bond donors (Lipinski definition) is 1. The van der Waals surface area contributed by atoms with Crippen molar-refractivity contribution in [2.45, 2.75) is 60.0 Å². The van der Waals surface area contributed by atoms with Crippen LogP contribution in [0.15, 0.2) is 24.3 Å². The van der Waals surface area contributed by atoms with Crippen LogP contribution in [0.5, 0.6) is 0 Å². The predicted octanol–water partition coefficient (Wildman–Crippen LogP) is 4.65. The molecule has 2 aromatic rings. The number of para-hydroxylation sites is 1. The summed E-state index contributed by atoms with van der Waals surface area (Å²) in [5, 5.41) is 8.30. The molecule has 1 aromatic heterocycles. The van der Waals surface area contributed by atoms with Crippen LogP contribution in [-0.4, -0.2) is 9.78 Å². The molecule has 0 saturated carbocycles. The van der Waals surface area contributed by atoms with Gasteiger partial charge in [0.15, 0.2) is 0 Å². The number of nitrogens with one attached hydrogen (secondary N) is 1. The fourth-order valence-electron chi connectivity index (χ4n) is 3.10. The van der Waals surface area contributed by atoms with Crippen molar-refractivity contribution >= 4 is 5.69 Å². The molecule has 0 fully saturated rings. The topological polar surface area (TPSA) is 29.9 Å². The quantitative estimate of drug-likeness (QED) is 0.837. The van der Waals surface area contributed by atoms with Gasteiger partial charge in [-0.05, 0) is 45.7 Å². The number of rotatable bonds is 6. The van der Waals surface area contributed by atoms with E-state index in [1.807, 2.05) is 0 Å². The lowest BCUT2D eigenvalue weighted by Gasteiger charge is -2.19. The Hall–Kier alpha value is -1.77. The largest absolute Gasteiger partial charge is 0.378 e. The van der Waals surface area contributed by atoms with Gasteiger partial charge in [-0.25, -0.2) is 0 Å². The summed E-state index contributed by atoms with van der Waals surface area (Å²) in [4.78, 5) is 0. The zero-order valence-electron chi connectivity index (χ0n) is 13.9. The number of aromatic nitrogens is 2. The second kappa shape index (κ2) is 6.79. The summed E-state index contributed by atoms with van der Waals surface area (Å²) in [6.45, 7) is 11.8. The number of anilines is 1. The smallest absolute Gasteiger partial charge is 0.0649 e. The Morgan fingerprint density at radius 2 is 1.90 bits per heavy atom. The second-order valence-corrected chi connectivity index (χ2v) is 5.67. The molecule has 0 aliphatic heterocycles. The summed E-state index contributed by atoms with van der Waals surface area (Å²) in [6, 6.07) is 8.88. The maximum atomic E-state index is 4.63. The average molecular weight is 285 g/mol. The average Bonchev–Trinajstić information content (AvgIpc) is 2.75. The number of benzene rings is 1. The Labute approximate surface area is 128 Å².